The summed E-state index contributed by atoms with van der Waals surface area (Å²) in [5.41, 5.74) is 4.62. The van der Waals surface area contributed by atoms with Gasteiger partial charge in [-0.1, -0.05) is 36.4 Å². The third-order valence-corrected chi connectivity index (χ3v) is 6.40. The Morgan fingerprint density at radius 1 is 1.06 bits per heavy atom. The van der Waals surface area contributed by atoms with Crippen LogP contribution in [0.1, 0.15) is 33.2 Å². The molecule has 1 fully saturated rings. The molecular weight excluding hydrogens is 392 g/mol. The third kappa shape index (κ3) is 3.17. The van der Waals surface area contributed by atoms with Crippen LogP contribution < -0.4 is 0 Å². The molecule has 0 bridgehead atoms. The lowest BCUT2D eigenvalue weighted by Crippen LogP contribution is -2.51. The van der Waals surface area contributed by atoms with Crippen LogP contribution in [0.4, 0.5) is 0 Å². The van der Waals surface area contributed by atoms with Crippen LogP contribution in [-0.4, -0.2) is 70.6 Å². The number of rotatable bonds is 4. The second-order valence-corrected chi connectivity index (χ2v) is 8.15. The fourth-order valence-electron chi connectivity index (χ4n) is 4.82. The van der Waals surface area contributed by atoms with Gasteiger partial charge >= 0.3 is 0 Å². The van der Waals surface area contributed by atoms with Crippen molar-refractivity contribution in [3.05, 3.63) is 70.9 Å². The highest BCUT2D eigenvalue weighted by atomic mass is 16.2. The number of nitrogens with one attached hydrogen (secondary N) is 1. The number of benzene rings is 2. The van der Waals surface area contributed by atoms with Crippen LogP contribution in [-0.2, 0) is 9.59 Å². The Morgan fingerprint density at radius 2 is 1.77 bits per heavy atom. The first kappa shape index (κ1) is 19.4. The summed E-state index contributed by atoms with van der Waals surface area (Å²) < 4.78 is 0. The molecule has 31 heavy (non-hydrogen) atoms. The summed E-state index contributed by atoms with van der Waals surface area (Å²) in [4.78, 5) is 46.0. The van der Waals surface area contributed by atoms with Crippen LogP contribution in [0.3, 0.4) is 0 Å². The lowest BCUT2D eigenvalue weighted by atomic mass is 9.95. The maximum Gasteiger partial charge on any atom is 0.255 e. The van der Waals surface area contributed by atoms with Crippen molar-refractivity contribution in [1.82, 2.24) is 19.7 Å². The summed E-state index contributed by atoms with van der Waals surface area (Å²) in [6.07, 6.45) is 0.818. The summed E-state index contributed by atoms with van der Waals surface area (Å²) in [5.74, 6) is -0.209. The third-order valence-electron chi connectivity index (χ3n) is 6.40. The molecule has 1 saturated heterocycles. The van der Waals surface area contributed by atoms with Gasteiger partial charge in [0, 0.05) is 53.9 Å². The van der Waals surface area contributed by atoms with Gasteiger partial charge in [0.2, 0.25) is 12.3 Å². The van der Waals surface area contributed by atoms with Gasteiger partial charge in [0.1, 0.15) is 6.54 Å². The lowest BCUT2D eigenvalue weighted by Gasteiger charge is -2.34. The van der Waals surface area contributed by atoms with Crippen LogP contribution >= 0.6 is 0 Å². The van der Waals surface area contributed by atoms with E-state index in [-0.39, 0.29) is 24.4 Å². The summed E-state index contributed by atoms with van der Waals surface area (Å²) in [6.45, 7) is 4.05. The highest BCUT2D eigenvalue weighted by Gasteiger charge is 2.41. The van der Waals surface area contributed by atoms with Gasteiger partial charge in [0.05, 0.1) is 6.04 Å². The number of carbonyl (C=O) groups is 3. The lowest BCUT2D eigenvalue weighted by molar-refractivity contribution is -0.135. The van der Waals surface area contributed by atoms with Crippen molar-refractivity contribution in [2.75, 3.05) is 32.7 Å². The second kappa shape index (κ2) is 7.58. The first-order chi connectivity index (χ1) is 15.1. The van der Waals surface area contributed by atoms with Gasteiger partial charge in [-0.25, -0.2) is 0 Å². The minimum Gasteiger partial charge on any atom is -0.358 e. The summed E-state index contributed by atoms with van der Waals surface area (Å²) in [5, 5.41) is 1.06. The SMILES string of the molecule is Cc1[nH]c2ccccc2c1[C@@H]1c2ccccc2C(=O)N1CC(=O)N1CCN(C=O)CC1. The molecule has 0 unspecified atom stereocenters. The number of piperazine rings is 1. The van der Waals surface area contributed by atoms with E-state index in [9.17, 15) is 14.4 Å². The normalized spacial score (nSPS) is 18.5. The first-order valence-electron chi connectivity index (χ1n) is 10.5. The molecule has 1 aromatic heterocycles. The molecule has 7 nitrogen and oxygen atoms in total. The van der Waals surface area contributed by atoms with Crippen LogP contribution in [0.25, 0.3) is 10.9 Å². The van der Waals surface area contributed by atoms with E-state index in [1.165, 1.54) is 0 Å². The Hall–Kier alpha value is -3.61. The molecular formula is C24H24N4O3. The number of H-pyrrole nitrogens is 1. The number of carbonyl (C=O) groups excluding carboxylic acids is 3. The van der Waals surface area contributed by atoms with Gasteiger partial charge in [-0.05, 0) is 24.6 Å². The number of hydrogen-bond acceptors (Lipinski definition) is 3. The zero-order valence-electron chi connectivity index (χ0n) is 17.4. The van der Waals surface area contributed by atoms with Crippen molar-refractivity contribution in [1.29, 1.82) is 0 Å². The molecule has 5 rings (SSSR count). The number of aromatic nitrogens is 1. The van der Waals surface area contributed by atoms with Crippen molar-refractivity contribution in [2.45, 2.75) is 13.0 Å². The van der Waals surface area contributed by atoms with Gasteiger partial charge in [-0.2, -0.15) is 0 Å². The van der Waals surface area contributed by atoms with Gasteiger partial charge in [0.25, 0.3) is 5.91 Å². The Balaban J connectivity index is 1.52. The molecule has 0 aliphatic carbocycles. The molecule has 3 aromatic rings. The maximum atomic E-state index is 13.4. The van der Waals surface area contributed by atoms with E-state index in [4.69, 9.17) is 0 Å². The predicted octanol–water partition coefficient (Wildman–Crippen LogP) is 2.32. The summed E-state index contributed by atoms with van der Waals surface area (Å²) in [7, 11) is 0. The van der Waals surface area contributed by atoms with E-state index < -0.39 is 0 Å². The van der Waals surface area contributed by atoms with Gasteiger partial charge in [-0.3, -0.25) is 14.4 Å². The molecule has 1 atom stereocenters. The van der Waals surface area contributed by atoms with Crippen molar-refractivity contribution in [2.24, 2.45) is 0 Å². The van der Waals surface area contributed by atoms with Crippen LogP contribution in [0.5, 0.6) is 0 Å². The summed E-state index contributed by atoms with van der Waals surface area (Å²) >= 11 is 0. The fraction of sp³-hybridized carbons (Fsp3) is 0.292. The Morgan fingerprint density at radius 3 is 2.55 bits per heavy atom. The number of amides is 3. The van der Waals surface area contributed by atoms with Crippen molar-refractivity contribution in [3.8, 4) is 0 Å². The molecule has 1 N–H and O–H groups in total. The number of aromatic amines is 1. The summed E-state index contributed by atoms with van der Waals surface area (Å²) in [6, 6.07) is 15.3. The van der Waals surface area contributed by atoms with Crippen LogP contribution in [0, 0.1) is 6.92 Å². The number of para-hydroxylation sites is 1. The predicted molar refractivity (Wildman–Crippen MR) is 117 cm³/mol. The van der Waals surface area contributed by atoms with E-state index in [0.29, 0.717) is 31.7 Å². The van der Waals surface area contributed by atoms with E-state index in [0.717, 1.165) is 34.1 Å². The Labute approximate surface area is 180 Å². The average Bonchev–Trinajstić information content (AvgIpc) is 3.27. The Kier molecular flexibility index (Phi) is 4.73. The quantitative estimate of drug-likeness (QED) is 0.663. The van der Waals surface area contributed by atoms with E-state index >= 15 is 0 Å². The molecule has 158 valence electrons. The monoisotopic (exact) mass is 416 g/mol. The molecule has 3 amide bonds. The minimum atomic E-state index is -0.319. The molecule has 7 heteroatoms. The van der Waals surface area contributed by atoms with Crippen molar-refractivity contribution >= 4 is 29.1 Å². The molecule has 2 aliphatic rings. The van der Waals surface area contributed by atoms with E-state index in [2.05, 4.69) is 11.1 Å². The zero-order chi connectivity index (χ0) is 21.5. The van der Waals surface area contributed by atoms with Crippen LogP contribution in [0.15, 0.2) is 48.5 Å². The largest absolute Gasteiger partial charge is 0.358 e. The number of fused-ring (bicyclic) bond motifs is 2. The van der Waals surface area contributed by atoms with E-state index in [1.807, 2.05) is 49.4 Å². The smallest absolute Gasteiger partial charge is 0.255 e. The molecule has 0 radical (unpaired) electrons. The molecule has 0 saturated carbocycles. The van der Waals surface area contributed by atoms with Crippen molar-refractivity contribution < 1.29 is 14.4 Å². The highest BCUT2D eigenvalue weighted by molar-refractivity contribution is 6.02. The van der Waals surface area contributed by atoms with Crippen LogP contribution in [0.2, 0.25) is 0 Å². The second-order valence-electron chi connectivity index (χ2n) is 8.15. The van der Waals surface area contributed by atoms with Gasteiger partial charge < -0.3 is 19.7 Å². The first-order valence-corrected chi connectivity index (χ1v) is 10.5. The highest BCUT2D eigenvalue weighted by Crippen LogP contribution is 2.42. The molecule has 2 aliphatic heterocycles. The standard InChI is InChI=1S/C24H24N4O3/c1-16-22(19-8-4-5-9-20(19)25-16)23-17-6-2-3-7-18(17)24(31)28(23)14-21(30)27-12-10-26(15-29)11-13-27/h2-9,15,23,25H,10-14H2,1H3/t23-/m0/s1. The van der Waals surface area contributed by atoms with Gasteiger partial charge in [0.15, 0.2) is 0 Å². The average molecular weight is 416 g/mol. The molecule has 0 spiro atoms. The maximum absolute atomic E-state index is 13.4. The molecule has 3 heterocycles. The zero-order valence-corrected chi connectivity index (χ0v) is 17.4. The molecule has 2 aromatic carbocycles. The number of aryl methyl sites for hydroxylation is 1. The fourth-order valence-corrected chi connectivity index (χ4v) is 4.82. The minimum absolute atomic E-state index is 0.0121. The van der Waals surface area contributed by atoms with Crippen molar-refractivity contribution in [3.63, 3.8) is 0 Å². The topological polar surface area (TPSA) is 76.7 Å². The van der Waals surface area contributed by atoms with Gasteiger partial charge in [-0.15, -0.1) is 0 Å². The number of nitrogens with zero attached hydrogens (tertiary/aromatic N) is 3. The van der Waals surface area contributed by atoms with E-state index in [1.54, 1.807) is 14.7 Å². The Bertz CT molecular complexity index is 1180. The number of hydrogen-bond donors (Lipinski definition) is 1.